The molecule has 0 amide bonds. The van der Waals surface area contributed by atoms with E-state index in [1.54, 1.807) is 0 Å². The van der Waals surface area contributed by atoms with Crippen LogP contribution < -0.4 is 0 Å². The van der Waals surface area contributed by atoms with Crippen molar-refractivity contribution in [2.24, 2.45) is 5.41 Å². The third-order valence-electron chi connectivity index (χ3n) is 2.27. The first-order valence-electron chi connectivity index (χ1n) is 5.90. The quantitative estimate of drug-likeness (QED) is 0.818. The largest absolute Gasteiger partial charge is 0.392 e. The third kappa shape index (κ3) is 5.29. The van der Waals surface area contributed by atoms with Crippen LogP contribution in [0.1, 0.15) is 32.8 Å². The maximum Gasteiger partial charge on any atom is 0.129 e. The van der Waals surface area contributed by atoms with Crippen LogP contribution >= 0.6 is 0 Å². The predicted octanol–water partition coefficient (Wildman–Crippen LogP) is 3.31. The first-order chi connectivity index (χ1) is 8.28. The van der Waals surface area contributed by atoms with Gasteiger partial charge in [-0.15, -0.1) is 5.92 Å². The summed E-state index contributed by atoms with van der Waals surface area (Å²) < 4.78 is 26.0. The zero-order valence-corrected chi connectivity index (χ0v) is 10.9. The fraction of sp³-hybridized carbons (Fsp3) is 0.467. The molecule has 18 heavy (non-hydrogen) atoms. The zero-order valence-electron chi connectivity index (χ0n) is 10.9. The molecule has 1 nitrogen and oxygen atoms in total. The van der Waals surface area contributed by atoms with Gasteiger partial charge in [0.05, 0.1) is 6.10 Å². The molecule has 1 aromatic carbocycles. The van der Waals surface area contributed by atoms with E-state index < -0.39 is 17.7 Å². The fourth-order valence-electron chi connectivity index (χ4n) is 1.45. The molecule has 1 unspecified atom stereocenters. The summed E-state index contributed by atoms with van der Waals surface area (Å²) in [6.45, 7) is 5.93. The first-order valence-corrected chi connectivity index (χ1v) is 5.90. The van der Waals surface area contributed by atoms with Crippen LogP contribution in [0.15, 0.2) is 18.2 Å². The van der Waals surface area contributed by atoms with Crippen LogP contribution in [0, 0.1) is 28.9 Å². The predicted molar refractivity (Wildman–Crippen MR) is 67.9 cm³/mol. The molecule has 0 aliphatic rings. The molecule has 0 heterocycles. The lowest BCUT2D eigenvalue weighted by Gasteiger charge is -2.10. The van der Waals surface area contributed by atoms with Crippen LogP contribution in [-0.2, 0) is 6.42 Å². The molecular formula is C15H18F2O. The summed E-state index contributed by atoms with van der Waals surface area (Å²) in [5.74, 6) is 4.64. The van der Waals surface area contributed by atoms with Gasteiger partial charge < -0.3 is 5.11 Å². The Kier molecular flexibility index (Phi) is 4.86. The molecule has 0 aliphatic carbocycles. The standard InChI is InChI=1S/C15H18F2O/c1-15(2,3)8-4-5-13(18)9-11-6-7-12(16)10-14(11)17/h6-7,10,13,18H,5,9H2,1-3H3. The highest BCUT2D eigenvalue weighted by molar-refractivity contribution is 5.20. The second-order valence-corrected chi connectivity index (χ2v) is 5.35. The molecule has 0 fully saturated rings. The van der Waals surface area contributed by atoms with Crippen LogP contribution in [0.4, 0.5) is 8.78 Å². The molecule has 1 rings (SSSR count). The molecule has 0 bridgehead atoms. The summed E-state index contributed by atoms with van der Waals surface area (Å²) in [6.07, 6.45) is -0.307. The van der Waals surface area contributed by atoms with Gasteiger partial charge in [-0.25, -0.2) is 8.78 Å². The molecule has 98 valence electrons. The number of aliphatic hydroxyl groups excluding tert-OH is 1. The minimum absolute atomic E-state index is 0.110. The molecule has 0 saturated carbocycles. The summed E-state index contributed by atoms with van der Waals surface area (Å²) in [6, 6.07) is 3.36. The van der Waals surface area contributed by atoms with Crippen molar-refractivity contribution in [3.63, 3.8) is 0 Å². The number of benzene rings is 1. The minimum atomic E-state index is -0.736. The Hall–Kier alpha value is -1.40. The van der Waals surface area contributed by atoms with Crippen LogP contribution in [-0.4, -0.2) is 11.2 Å². The lowest BCUT2D eigenvalue weighted by atomic mass is 9.97. The van der Waals surface area contributed by atoms with E-state index in [0.29, 0.717) is 5.56 Å². The SMILES string of the molecule is CC(C)(C)C#CCC(O)Cc1ccc(F)cc1F. The van der Waals surface area contributed by atoms with Crippen molar-refractivity contribution < 1.29 is 13.9 Å². The van der Waals surface area contributed by atoms with E-state index in [1.807, 2.05) is 20.8 Å². The highest BCUT2D eigenvalue weighted by Crippen LogP contribution is 2.13. The van der Waals surface area contributed by atoms with Crippen LogP contribution in [0.2, 0.25) is 0 Å². The average Bonchev–Trinajstić information content (AvgIpc) is 2.20. The lowest BCUT2D eigenvalue weighted by Crippen LogP contribution is -2.11. The van der Waals surface area contributed by atoms with E-state index in [0.717, 1.165) is 6.07 Å². The molecule has 0 aliphatic heterocycles. The monoisotopic (exact) mass is 252 g/mol. The molecule has 0 aromatic heterocycles. The Morgan fingerprint density at radius 1 is 1.28 bits per heavy atom. The van der Waals surface area contributed by atoms with Crippen LogP contribution in [0.25, 0.3) is 0 Å². The van der Waals surface area contributed by atoms with Crippen molar-refractivity contribution in [1.29, 1.82) is 0 Å². The second kappa shape index (κ2) is 5.97. The molecule has 0 radical (unpaired) electrons. The molecule has 1 atom stereocenters. The molecule has 0 saturated heterocycles. The van der Waals surface area contributed by atoms with Gasteiger partial charge in [-0.05, 0) is 32.4 Å². The number of halogens is 2. The number of rotatable bonds is 3. The maximum atomic E-state index is 13.3. The Balaban J connectivity index is 2.59. The van der Waals surface area contributed by atoms with Gasteiger partial charge >= 0.3 is 0 Å². The van der Waals surface area contributed by atoms with Crippen molar-refractivity contribution in [2.45, 2.75) is 39.7 Å². The van der Waals surface area contributed by atoms with E-state index in [9.17, 15) is 13.9 Å². The van der Waals surface area contributed by atoms with Crippen molar-refractivity contribution in [3.05, 3.63) is 35.4 Å². The van der Waals surface area contributed by atoms with Crippen LogP contribution in [0.3, 0.4) is 0 Å². The molecule has 0 spiro atoms. The van der Waals surface area contributed by atoms with Crippen molar-refractivity contribution in [1.82, 2.24) is 0 Å². The van der Waals surface area contributed by atoms with Crippen molar-refractivity contribution in [2.75, 3.05) is 0 Å². The summed E-state index contributed by atoms with van der Waals surface area (Å²) in [5, 5.41) is 9.73. The fourth-order valence-corrected chi connectivity index (χ4v) is 1.45. The number of aliphatic hydroxyl groups is 1. The number of hydrogen-bond acceptors (Lipinski definition) is 1. The zero-order chi connectivity index (χ0) is 13.8. The van der Waals surface area contributed by atoms with Gasteiger partial charge in [0, 0.05) is 24.3 Å². The van der Waals surface area contributed by atoms with E-state index in [2.05, 4.69) is 11.8 Å². The first kappa shape index (κ1) is 14.7. The van der Waals surface area contributed by atoms with Crippen LogP contribution in [0.5, 0.6) is 0 Å². The Morgan fingerprint density at radius 3 is 2.50 bits per heavy atom. The van der Waals surface area contributed by atoms with Crippen molar-refractivity contribution >= 4 is 0 Å². The van der Waals surface area contributed by atoms with Gasteiger partial charge in [-0.3, -0.25) is 0 Å². The Labute approximate surface area is 107 Å². The van der Waals surface area contributed by atoms with Gasteiger partial charge in [0.2, 0.25) is 0 Å². The summed E-state index contributed by atoms with van der Waals surface area (Å²) in [4.78, 5) is 0. The molecule has 1 N–H and O–H groups in total. The average molecular weight is 252 g/mol. The molecular weight excluding hydrogens is 234 g/mol. The maximum absolute atomic E-state index is 13.3. The van der Waals surface area contributed by atoms with Gasteiger partial charge in [0.25, 0.3) is 0 Å². The van der Waals surface area contributed by atoms with Crippen molar-refractivity contribution in [3.8, 4) is 11.8 Å². The van der Waals surface area contributed by atoms with Gasteiger partial charge in [0.15, 0.2) is 0 Å². The third-order valence-corrected chi connectivity index (χ3v) is 2.27. The highest BCUT2D eigenvalue weighted by Gasteiger charge is 2.10. The Morgan fingerprint density at radius 2 is 1.94 bits per heavy atom. The summed E-state index contributed by atoms with van der Waals surface area (Å²) in [7, 11) is 0. The Bertz CT molecular complexity index is 464. The van der Waals surface area contributed by atoms with E-state index in [-0.39, 0.29) is 18.3 Å². The van der Waals surface area contributed by atoms with Gasteiger partial charge in [-0.1, -0.05) is 12.0 Å². The van der Waals surface area contributed by atoms with E-state index >= 15 is 0 Å². The number of hydrogen-bond donors (Lipinski definition) is 1. The second-order valence-electron chi connectivity index (χ2n) is 5.35. The molecule has 3 heteroatoms. The van der Waals surface area contributed by atoms with E-state index in [1.165, 1.54) is 12.1 Å². The van der Waals surface area contributed by atoms with Gasteiger partial charge in [-0.2, -0.15) is 0 Å². The van der Waals surface area contributed by atoms with E-state index in [4.69, 9.17) is 0 Å². The molecule has 1 aromatic rings. The highest BCUT2D eigenvalue weighted by atomic mass is 19.1. The minimum Gasteiger partial charge on any atom is -0.392 e. The van der Waals surface area contributed by atoms with Gasteiger partial charge in [0.1, 0.15) is 11.6 Å². The topological polar surface area (TPSA) is 20.2 Å². The smallest absolute Gasteiger partial charge is 0.129 e. The summed E-state index contributed by atoms with van der Waals surface area (Å²) in [5.41, 5.74) is 0.197. The lowest BCUT2D eigenvalue weighted by molar-refractivity contribution is 0.179. The summed E-state index contributed by atoms with van der Waals surface area (Å²) >= 11 is 0. The normalized spacial score (nSPS) is 12.8.